The van der Waals surface area contributed by atoms with Gasteiger partial charge in [-0.05, 0) is 60.5 Å². The number of aromatic nitrogens is 3. The van der Waals surface area contributed by atoms with Crippen molar-refractivity contribution in [1.29, 1.82) is 5.26 Å². The smallest absolute Gasteiger partial charge is 0.267 e. The number of nitrogens with zero attached hydrogens (tertiary/aromatic N) is 4. The maximum absolute atomic E-state index is 13.1. The molecule has 0 saturated heterocycles. The summed E-state index contributed by atoms with van der Waals surface area (Å²) in [5, 5.41) is 14.4. The van der Waals surface area contributed by atoms with E-state index >= 15 is 0 Å². The van der Waals surface area contributed by atoms with Gasteiger partial charge < -0.3 is 4.57 Å². The largest absolute Gasteiger partial charge is 0.344 e. The molecule has 33 heavy (non-hydrogen) atoms. The van der Waals surface area contributed by atoms with Crippen molar-refractivity contribution >= 4 is 17.4 Å². The molecule has 4 rings (SSSR count). The molecule has 0 N–H and O–H groups in total. The van der Waals surface area contributed by atoms with Gasteiger partial charge in [-0.2, -0.15) is 10.4 Å². The Morgan fingerprint density at radius 3 is 2.55 bits per heavy atom. The first-order chi connectivity index (χ1) is 15.9. The van der Waals surface area contributed by atoms with Crippen LogP contribution in [0.5, 0.6) is 0 Å². The Bertz CT molecular complexity index is 1440. The Labute approximate surface area is 196 Å². The van der Waals surface area contributed by atoms with Gasteiger partial charge in [-0.15, -0.1) is 0 Å². The number of benzene rings is 2. The number of rotatable bonds is 6. The number of nitriles is 1. The minimum absolute atomic E-state index is 0.0797. The summed E-state index contributed by atoms with van der Waals surface area (Å²) in [6.07, 6.45) is 0.450. The molecule has 0 aliphatic heterocycles. The van der Waals surface area contributed by atoms with Gasteiger partial charge in [0.1, 0.15) is 0 Å². The number of hydrogen-bond acceptors (Lipinski definition) is 4. The first kappa shape index (κ1) is 22.3. The van der Waals surface area contributed by atoms with Crippen LogP contribution in [0.4, 0.5) is 0 Å². The minimum atomic E-state index is -0.242. The SMILES string of the molecule is Cc1cc(Cc2ccc(=O)n(Cc3ccccc3C#N)n2)n(C)c1C(=O)c1ccc(Cl)cc1. The molecule has 2 heterocycles. The maximum atomic E-state index is 13.1. The molecule has 4 aromatic rings. The normalized spacial score (nSPS) is 10.7. The van der Waals surface area contributed by atoms with E-state index in [4.69, 9.17) is 11.6 Å². The first-order valence-corrected chi connectivity index (χ1v) is 10.8. The number of carbonyl (C=O) groups excluding carboxylic acids is 1. The summed E-state index contributed by atoms with van der Waals surface area (Å²) in [7, 11) is 1.85. The van der Waals surface area contributed by atoms with Crippen LogP contribution >= 0.6 is 11.6 Å². The summed E-state index contributed by atoms with van der Waals surface area (Å²) in [6.45, 7) is 2.11. The highest BCUT2D eigenvalue weighted by Gasteiger charge is 2.19. The molecule has 0 amide bonds. The Hall–Kier alpha value is -3.95. The molecule has 0 spiro atoms. The molecular formula is C26H21ClN4O2. The third-order valence-corrected chi connectivity index (χ3v) is 5.84. The van der Waals surface area contributed by atoms with E-state index in [1.54, 1.807) is 42.5 Å². The standard InChI is InChI=1S/C26H21ClN4O2/c1-17-13-23(30(2)25(17)26(33)18-7-9-21(27)10-8-18)14-22-11-12-24(32)31(29-22)16-20-6-4-3-5-19(20)15-28/h3-13H,14,16H2,1-2H3. The summed E-state index contributed by atoms with van der Waals surface area (Å²) in [6, 6.07) is 21.3. The predicted octanol–water partition coefficient (Wildman–Crippen LogP) is 4.29. The third-order valence-electron chi connectivity index (χ3n) is 5.59. The predicted molar refractivity (Wildman–Crippen MR) is 127 cm³/mol. The van der Waals surface area contributed by atoms with E-state index in [2.05, 4.69) is 11.2 Å². The molecule has 6 nitrogen and oxygen atoms in total. The molecule has 0 bridgehead atoms. The monoisotopic (exact) mass is 456 g/mol. The van der Waals surface area contributed by atoms with Crippen LogP contribution in [-0.4, -0.2) is 20.1 Å². The lowest BCUT2D eigenvalue weighted by Gasteiger charge is -2.10. The Morgan fingerprint density at radius 1 is 1.09 bits per heavy atom. The number of ketones is 1. The van der Waals surface area contributed by atoms with E-state index in [0.29, 0.717) is 34.0 Å². The van der Waals surface area contributed by atoms with Crippen LogP contribution in [0.25, 0.3) is 0 Å². The van der Waals surface area contributed by atoms with Crippen molar-refractivity contribution in [3.8, 4) is 6.07 Å². The second-order valence-corrected chi connectivity index (χ2v) is 8.27. The van der Waals surface area contributed by atoms with E-state index in [9.17, 15) is 14.9 Å². The fourth-order valence-electron chi connectivity index (χ4n) is 3.88. The van der Waals surface area contributed by atoms with E-state index in [0.717, 1.165) is 16.8 Å². The fourth-order valence-corrected chi connectivity index (χ4v) is 4.00. The van der Waals surface area contributed by atoms with E-state index in [1.807, 2.05) is 36.7 Å². The topological polar surface area (TPSA) is 80.7 Å². The van der Waals surface area contributed by atoms with Gasteiger partial charge in [-0.25, -0.2) is 4.68 Å². The van der Waals surface area contributed by atoms with Crippen molar-refractivity contribution in [3.05, 3.63) is 121 Å². The molecule has 2 aromatic carbocycles. The van der Waals surface area contributed by atoms with E-state index < -0.39 is 0 Å². The second-order valence-electron chi connectivity index (χ2n) is 7.83. The first-order valence-electron chi connectivity index (χ1n) is 10.4. The number of hydrogen-bond donors (Lipinski definition) is 0. The Morgan fingerprint density at radius 2 is 1.82 bits per heavy atom. The third kappa shape index (κ3) is 4.64. The summed E-state index contributed by atoms with van der Waals surface area (Å²) < 4.78 is 3.23. The van der Waals surface area contributed by atoms with Crippen molar-refractivity contribution in [1.82, 2.24) is 14.3 Å². The van der Waals surface area contributed by atoms with Gasteiger partial charge in [0, 0.05) is 35.8 Å². The van der Waals surface area contributed by atoms with Crippen LogP contribution in [0.2, 0.25) is 5.02 Å². The Kier molecular flexibility index (Phi) is 6.25. The molecule has 0 fully saturated rings. The van der Waals surface area contributed by atoms with E-state index in [1.165, 1.54) is 10.7 Å². The average molecular weight is 457 g/mol. The molecule has 2 aromatic heterocycles. The van der Waals surface area contributed by atoms with E-state index in [-0.39, 0.29) is 17.9 Å². The van der Waals surface area contributed by atoms with Crippen LogP contribution in [0.15, 0.2) is 71.5 Å². The van der Waals surface area contributed by atoms with Crippen molar-refractivity contribution in [3.63, 3.8) is 0 Å². The van der Waals surface area contributed by atoms with Gasteiger partial charge in [0.2, 0.25) is 5.78 Å². The summed E-state index contributed by atoms with van der Waals surface area (Å²) in [5.41, 5.74) is 4.63. The van der Waals surface area contributed by atoms with Crippen molar-refractivity contribution in [2.24, 2.45) is 7.05 Å². The highest BCUT2D eigenvalue weighted by molar-refractivity contribution is 6.30. The van der Waals surface area contributed by atoms with Crippen molar-refractivity contribution in [2.45, 2.75) is 19.9 Å². The van der Waals surface area contributed by atoms with Gasteiger partial charge in [-0.3, -0.25) is 9.59 Å². The number of halogens is 1. The molecule has 0 atom stereocenters. The summed E-state index contributed by atoms with van der Waals surface area (Å²) in [4.78, 5) is 25.5. The van der Waals surface area contributed by atoms with Gasteiger partial charge in [0.25, 0.3) is 5.56 Å². The fraction of sp³-hybridized carbons (Fsp3) is 0.154. The molecule has 0 aliphatic carbocycles. The number of carbonyl (C=O) groups is 1. The lowest BCUT2D eigenvalue weighted by Crippen LogP contribution is -2.24. The van der Waals surface area contributed by atoms with Crippen molar-refractivity contribution < 1.29 is 4.79 Å². The molecule has 0 unspecified atom stereocenters. The summed E-state index contributed by atoms with van der Waals surface area (Å²) in [5.74, 6) is -0.0797. The molecule has 0 radical (unpaired) electrons. The molecule has 164 valence electrons. The van der Waals surface area contributed by atoms with Crippen LogP contribution in [-0.2, 0) is 20.0 Å². The Balaban J connectivity index is 1.62. The summed E-state index contributed by atoms with van der Waals surface area (Å²) >= 11 is 5.95. The minimum Gasteiger partial charge on any atom is -0.344 e. The molecular weight excluding hydrogens is 436 g/mol. The quantitative estimate of drug-likeness (QED) is 0.405. The van der Waals surface area contributed by atoms with Gasteiger partial charge in [0.05, 0.1) is 29.6 Å². The second kappa shape index (κ2) is 9.27. The zero-order valence-corrected chi connectivity index (χ0v) is 19.0. The highest BCUT2D eigenvalue weighted by atomic mass is 35.5. The van der Waals surface area contributed by atoms with Gasteiger partial charge in [0.15, 0.2) is 0 Å². The lowest BCUT2D eigenvalue weighted by molar-refractivity contribution is 0.103. The van der Waals surface area contributed by atoms with Gasteiger partial charge >= 0.3 is 0 Å². The van der Waals surface area contributed by atoms with Crippen molar-refractivity contribution in [2.75, 3.05) is 0 Å². The van der Waals surface area contributed by atoms with Crippen LogP contribution < -0.4 is 5.56 Å². The molecule has 7 heteroatoms. The zero-order valence-electron chi connectivity index (χ0n) is 18.2. The number of aryl methyl sites for hydroxylation is 1. The zero-order chi connectivity index (χ0) is 23.5. The lowest BCUT2D eigenvalue weighted by atomic mass is 10.1. The molecule has 0 aliphatic rings. The van der Waals surface area contributed by atoms with Crippen LogP contribution in [0, 0.1) is 18.3 Å². The maximum Gasteiger partial charge on any atom is 0.267 e. The average Bonchev–Trinajstić information content (AvgIpc) is 3.09. The van der Waals surface area contributed by atoms with Crippen LogP contribution in [0.1, 0.15) is 44.1 Å². The van der Waals surface area contributed by atoms with Crippen LogP contribution in [0.3, 0.4) is 0 Å². The molecule has 0 saturated carbocycles. The van der Waals surface area contributed by atoms with Gasteiger partial charge in [-0.1, -0.05) is 29.8 Å². The highest BCUT2D eigenvalue weighted by Crippen LogP contribution is 2.21.